The second kappa shape index (κ2) is 7.44. The second-order valence-electron chi connectivity index (χ2n) is 4.90. The number of aliphatic hydroxyl groups is 1. The zero-order chi connectivity index (χ0) is 15.9. The molecule has 6 nitrogen and oxygen atoms in total. The highest BCUT2D eigenvalue weighted by Gasteiger charge is 2.24. The molecule has 0 aromatic heterocycles. The Balaban J connectivity index is 2.53. The van der Waals surface area contributed by atoms with Crippen LogP contribution in [0.4, 0.5) is 0 Å². The molecule has 0 aliphatic carbocycles. The van der Waals surface area contributed by atoms with E-state index in [0.717, 1.165) is 5.56 Å². The minimum Gasteiger partial charge on any atom is -0.497 e. The van der Waals surface area contributed by atoms with Crippen LogP contribution in [-0.2, 0) is 9.59 Å². The first kappa shape index (κ1) is 16.7. The highest BCUT2D eigenvalue weighted by atomic mass is 16.5. The lowest BCUT2D eigenvalue weighted by Gasteiger charge is -2.20. The van der Waals surface area contributed by atoms with Gasteiger partial charge < -0.3 is 20.3 Å². The summed E-state index contributed by atoms with van der Waals surface area (Å²) in [5, 5.41) is 20.8. The van der Waals surface area contributed by atoms with Crippen LogP contribution in [0.2, 0.25) is 0 Å². The van der Waals surface area contributed by atoms with Gasteiger partial charge in [0.2, 0.25) is 5.91 Å². The number of benzene rings is 1. The van der Waals surface area contributed by atoms with Crippen LogP contribution in [0.25, 0.3) is 6.08 Å². The highest BCUT2D eigenvalue weighted by molar-refractivity contribution is 5.91. The largest absolute Gasteiger partial charge is 0.497 e. The van der Waals surface area contributed by atoms with Gasteiger partial charge in [-0.05, 0) is 30.7 Å². The number of ether oxygens (including phenoxy) is 1. The van der Waals surface area contributed by atoms with E-state index in [9.17, 15) is 14.7 Å². The maximum Gasteiger partial charge on any atom is 0.306 e. The molecule has 21 heavy (non-hydrogen) atoms. The summed E-state index contributed by atoms with van der Waals surface area (Å²) < 4.78 is 5.07. The molecule has 0 heterocycles. The minimum atomic E-state index is -1.48. The lowest BCUT2D eigenvalue weighted by atomic mass is 10.0. The van der Waals surface area contributed by atoms with Crippen molar-refractivity contribution in [1.82, 2.24) is 5.32 Å². The predicted molar refractivity (Wildman–Crippen MR) is 77.9 cm³/mol. The summed E-state index contributed by atoms with van der Waals surface area (Å²) in [6, 6.07) is 7.17. The molecule has 0 spiro atoms. The molecule has 0 radical (unpaired) electrons. The van der Waals surface area contributed by atoms with Crippen LogP contribution in [0.1, 0.15) is 18.9 Å². The second-order valence-corrected chi connectivity index (χ2v) is 4.90. The van der Waals surface area contributed by atoms with Crippen LogP contribution >= 0.6 is 0 Å². The zero-order valence-electron chi connectivity index (χ0n) is 12.0. The summed E-state index contributed by atoms with van der Waals surface area (Å²) in [6.45, 7) is 1.22. The SMILES string of the molecule is COc1cccc(C=CC(=O)NCC(C)(O)CC(=O)O)c1. The average Bonchev–Trinajstić information content (AvgIpc) is 2.42. The number of rotatable bonds is 7. The lowest BCUT2D eigenvalue weighted by Crippen LogP contribution is -2.41. The number of nitrogens with one attached hydrogen (secondary N) is 1. The summed E-state index contributed by atoms with van der Waals surface area (Å²) in [5.41, 5.74) is -0.688. The van der Waals surface area contributed by atoms with Crippen molar-refractivity contribution in [3.8, 4) is 5.75 Å². The average molecular weight is 293 g/mol. The maximum atomic E-state index is 11.6. The number of carbonyl (C=O) groups is 2. The molecule has 6 heteroatoms. The van der Waals surface area contributed by atoms with Gasteiger partial charge in [-0.2, -0.15) is 0 Å². The van der Waals surface area contributed by atoms with E-state index in [2.05, 4.69) is 5.32 Å². The topological polar surface area (TPSA) is 95.9 Å². The third-order valence-corrected chi connectivity index (χ3v) is 2.70. The van der Waals surface area contributed by atoms with Crippen LogP contribution in [0.15, 0.2) is 30.3 Å². The van der Waals surface area contributed by atoms with Gasteiger partial charge in [-0.25, -0.2) is 0 Å². The summed E-state index contributed by atoms with van der Waals surface area (Å²) in [4.78, 5) is 22.1. The fourth-order valence-electron chi connectivity index (χ4n) is 1.64. The molecular formula is C15H19NO5. The first-order valence-electron chi connectivity index (χ1n) is 6.36. The molecule has 0 aliphatic heterocycles. The van der Waals surface area contributed by atoms with Crippen LogP contribution in [0.3, 0.4) is 0 Å². The summed E-state index contributed by atoms with van der Waals surface area (Å²) in [6.07, 6.45) is 2.47. The Morgan fingerprint density at radius 2 is 2.14 bits per heavy atom. The van der Waals surface area contributed by atoms with Gasteiger partial charge in [0, 0.05) is 12.6 Å². The number of aliphatic carboxylic acids is 1. The number of carbonyl (C=O) groups excluding carboxylic acids is 1. The van der Waals surface area contributed by atoms with Crippen molar-refractivity contribution < 1.29 is 24.5 Å². The Hall–Kier alpha value is -2.34. The summed E-state index contributed by atoms with van der Waals surface area (Å²) >= 11 is 0. The normalized spacial score (nSPS) is 13.7. The molecule has 1 unspecified atom stereocenters. The minimum absolute atomic E-state index is 0.138. The quantitative estimate of drug-likeness (QED) is 0.653. The van der Waals surface area contributed by atoms with E-state index < -0.39 is 23.9 Å². The van der Waals surface area contributed by atoms with Gasteiger partial charge in [0.25, 0.3) is 0 Å². The van der Waals surface area contributed by atoms with Gasteiger partial charge in [0.15, 0.2) is 0 Å². The van der Waals surface area contributed by atoms with Crippen LogP contribution in [-0.4, -0.2) is 41.3 Å². The molecule has 1 rings (SSSR count). The van der Waals surface area contributed by atoms with E-state index in [1.807, 2.05) is 6.07 Å². The molecule has 1 amide bonds. The van der Waals surface area contributed by atoms with E-state index in [1.165, 1.54) is 13.0 Å². The van der Waals surface area contributed by atoms with Crippen molar-refractivity contribution in [3.05, 3.63) is 35.9 Å². The molecular weight excluding hydrogens is 274 g/mol. The van der Waals surface area contributed by atoms with Crippen molar-refractivity contribution in [1.29, 1.82) is 0 Å². The van der Waals surface area contributed by atoms with Crippen LogP contribution in [0.5, 0.6) is 5.75 Å². The maximum absolute atomic E-state index is 11.6. The Kier molecular flexibility index (Phi) is 5.92. The van der Waals surface area contributed by atoms with Gasteiger partial charge in [-0.3, -0.25) is 9.59 Å². The fraction of sp³-hybridized carbons (Fsp3) is 0.333. The molecule has 0 bridgehead atoms. The monoisotopic (exact) mass is 293 g/mol. The van der Waals surface area contributed by atoms with Crippen molar-refractivity contribution in [2.45, 2.75) is 18.9 Å². The zero-order valence-corrected chi connectivity index (χ0v) is 12.0. The first-order valence-corrected chi connectivity index (χ1v) is 6.36. The Morgan fingerprint density at radius 1 is 1.43 bits per heavy atom. The Bertz CT molecular complexity index is 537. The molecule has 0 fully saturated rings. The summed E-state index contributed by atoms with van der Waals surface area (Å²) in [5.74, 6) is -0.855. The number of hydrogen-bond acceptors (Lipinski definition) is 4. The van der Waals surface area contributed by atoms with Gasteiger partial charge in [0.1, 0.15) is 5.75 Å². The molecule has 1 aromatic carbocycles. The summed E-state index contributed by atoms with van der Waals surface area (Å²) in [7, 11) is 1.56. The van der Waals surface area contributed by atoms with Crippen LogP contribution < -0.4 is 10.1 Å². The van der Waals surface area contributed by atoms with Gasteiger partial charge >= 0.3 is 5.97 Å². The smallest absolute Gasteiger partial charge is 0.306 e. The fourth-order valence-corrected chi connectivity index (χ4v) is 1.64. The molecule has 3 N–H and O–H groups in total. The predicted octanol–water partition coefficient (Wildman–Crippen LogP) is 1.05. The Morgan fingerprint density at radius 3 is 2.76 bits per heavy atom. The van der Waals surface area contributed by atoms with Crippen molar-refractivity contribution >= 4 is 18.0 Å². The van der Waals surface area contributed by atoms with E-state index in [1.54, 1.807) is 31.4 Å². The number of carboxylic acids is 1. The van der Waals surface area contributed by atoms with Crippen molar-refractivity contribution in [2.24, 2.45) is 0 Å². The number of hydrogen-bond donors (Lipinski definition) is 3. The number of amides is 1. The molecule has 0 aliphatic rings. The van der Waals surface area contributed by atoms with Crippen molar-refractivity contribution in [3.63, 3.8) is 0 Å². The molecule has 1 aromatic rings. The molecule has 0 saturated heterocycles. The van der Waals surface area contributed by atoms with Gasteiger partial charge in [-0.15, -0.1) is 0 Å². The van der Waals surface area contributed by atoms with Gasteiger partial charge in [0.05, 0.1) is 19.1 Å². The molecule has 1 atom stereocenters. The highest BCUT2D eigenvalue weighted by Crippen LogP contribution is 2.13. The molecule has 114 valence electrons. The molecule has 0 saturated carbocycles. The van der Waals surface area contributed by atoms with E-state index in [4.69, 9.17) is 9.84 Å². The van der Waals surface area contributed by atoms with E-state index in [-0.39, 0.29) is 6.54 Å². The third-order valence-electron chi connectivity index (χ3n) is 2.70. The lowest BCUT2D eigenvalue weighted by molar-refractivity contribution is -0.142. The van der Waals surface area contributed by atoms with Gasteiger partial charge in [-0.1, -0.05) is 12.1 Å². The number of carboxylic acid groups (broad SMARTS) is 1. The third kappa shape index (κ3) is 6.58. The van der Waals surface area contributed by atoms with E-state index in [0.29, 0.717) is 5.75 Å². The van der Waals surface area contributed by atoms with Crippen LogP contribution in [0, 0.1) is 0 Å². The first-order chi connectivity index (χ1) is 9.82. The number of methoxy groups -OCH3 is 1. The standard InChI is InChI=1S/C15H19NO5/c1-15(20,9-14(18)19)10-16-13(17)7-6-11-4-3-5-12(8-11)21-2/h3-8,20H,9-10H2,1-2H3,(H,16,17)(H,18,19). The van der Waals surface area contributed by atoms with Crippen molar-refractivity contribution in [2.75, 3.05) is 13.7 Å². The Labute approximate surface area is 123 Å². The van der Waals surface area contributed by atoms with E-state index >= 15 is 0 Å².